The van der Waals surface area contributed by atoms with E-state index in [4.69, 9.17) is 5.73 Å². The van der Waals surface area contributed by atoms with Crippen molar-refractivity contribution < 1.29 is 0 Å². The van der Waals surface area contributed by atoms with Crippen LogP contribution in [0.2, 0.25) is 0 Å². The normalized spacial score (nSPS) is 10.8. The van der Waals surface area contributed by atoms with Gasteiger partial charge >= 0.3 is 0 Å². The van der Waals surface area contributed by atoms with E-state index in [-0.39, 0.29) is 0 Å². The Kier molecular flexibility index (Phi) is 2.83. The van der Waals surface area contributed by atoms with Gasteiger partial charge in [-0.2, -0.15) is 5.10 Å². The standard InChI is InChI=1S/C14H14N4S/c1-9-3-4-12(10(2)7-9)18-8-11(15)13(17-18)14-16-5-6-19-14/h3-8H,15H2,1-2H3. The van der Waals surface area contributed by atoms with Crippen LogP contribution in [-0.2, 0) is 0 Å². The Labute approximate surface area is 115 Å². The molecule has 0 atom stereocenters. The average Bonchev–Trinajstić information content (AvgIpc) is 2.98. The van der Waals surface area contributed by atoms with Crippen LogP contribution in [0.5, 0.6) is 0 Å². The first-order chi connectivity index (χ1) is 9.15. The number of nitrogen functional groups attached to an aromatic ring is 1. The molecule has 0 radical (unpaired) electrons. The fourth-order valence-electron chi connectivity index (χ4n) is 2.08. The molecule has 3 rings (SSSR count). The van der Waals surface area contributed by atoms with E-state index >= 15 is 0 Å². The summed E-state index contributed by atoms with van der Waals surface area (Å²) >= 11 is 1.54. The Hall–Kier alpha value is -2.14. The highest BCUT2D eigenvalue weighted by Gasteiger charge is 2.12. The first kappa shape index (κ1) is 11.9. The van der Waals surface area contributed by atoms with Gasteiger partial charge in [0.25, 0.3) is 0 Å². The van der Waals surface area contributed by atoms with Gasteiger partial charge in [-0.25, -0.2) is 9.67 Å². The Morgan fingerprint density at radius 2 is 2.11 bits per heavy atom. The minimum atomic E-state index is 0.648. The van der Waals surface area contributed by atoms with Crippen molar-refractivity contribution in [3.05, 3.63) is 47.1 Å². The zero-order chi connectivity index (χ0) is 13.4. The van der Waals surface area contributed by atoms with Gasteiger partial charge in [-0.15, -0.1) is 11.3 Å². The minimum Gasteiger partial charge on any atom is -0.396 e. The lowest BCUT2D eigenvalue weighted by Crippen LogP contribution is -1.98. The molecule has 0 amide bonds. The molecule has 4 nitrogen and oxygen atoms in total. The predicted octanol–water partition coefficient (Wildman–Crippen LogP) is 3.19. The number of anilines is 1. The summed E-state index contributed by atoms with van der Waals surface area (Å²) in [5.41, 5.74) is 10.9. The molecule has 0 unspecified atom stereocenters. The van der Waals surface area contributed by atoms with Crippen LogP contribution in [0.3, 0.4) is 0 Å². The van der Waals surface area contributed by atoms with Crippen LogP contribution in [0.15, 0.2) is 36.0 Å². The van der Waals surface area contributed by atoms with Crippen LogP contribution < -0.4 is 5.73 Å². The van der Waals surface area contributed by atoms with Gasteiger partial charge in [0.15, 0.2) is 0 Å². The summed E-state index contributed by atoms with van der Waals surface area (Å²) in [6.45, 7) is 4.15. The molecule has 0 aliphatic rings. The lowest BCUT2D eigenvalue weighted by atomic mass is 10.1. The second kappa shape index (κ2) is 4.51. The topological polar surface area (TPSA) is 56.7 Å². The Balaban J connectivity index is 2.10. The van der Waals surface area contributed by atoms with E-state index in [0.717, 1.165) is 16.4 Å². The number of aryl methyl sites for hydroxylation is 2. The molecule has 0 aliphatic heterocycles. The molecule has 2 aromatic heterocycles. The largest absolute Gasteiger partial charge is 0.396 e. The van der Waals surface area contributed by atoms with Gasteiger partial charge in [-0.05, 0) is 25.5 Å². The van der Waals surface area contributed by atoms with E-state index in [2.05, 4.69) is 42.1 Å². The summed E-state index contributed by atoms with van der Waals surface area (Å²) < 4.78 is 1.82. The van der Waals surface area contributed by atoms with E-state index < -0.39 is 0 Å². The first-order valence-corrected chi connectivity index (χ1v) is 6.86. The number of hydrogen-bond acceptors (Lipinski definition) is 4. The van der Waals surface area contributed by atoms with Crippen molar-refractivity contribution in [3.63, 3.8) is 0 Å². The Bertz CT molecular complexity index is 713. The van der Waals surface area contributed by atoms with Crippen LogP contribution >= 0.6 is 11.3 Å². The third-order valence-corrected chi connectivity index (χ3v) is 3.76. The molecule has 0 aliphatic carbocycles. The molecule has 0 bridgehead atoms. The van der Waals surface area contributed by atoms with Crippen LogP contribution in [0.25, 0.3) is 16.4 Å². The second-order valence-corrected chi connectivity index (χ2v) is 5.40. The van der Waals surface area contributed by atoms with Gasteiger partial charge in [-0.1, -0.05) is 17.7 Å². The zero-order valence-corrected chi connectivity index (χ0v) is 11.6. The highest BCUT2D eigenvalue weighted by Crippen LogP contribution is 2.27. The van der Waals surface area contributed by atoms with Gasteiger partial charge in [0.2, 0.25) is 0 Å². The maximum absolute atomic E-state index is 6.03. The van der Waals surface area contributed by atoms with Crippen molar-refractivity contribution in [2.45, 2.75) is 13.8 Å². The van der Waals surface area contributed by atoms with Crippen LogP contribution in [0.4, 0.5) is 5.69 Å². The average molecular weight is 270 g/mol. The van der Waals surface area contributed by atoms with E-state index in [0.29, 0.717) is 5.69 Å². The monoisotopic (exact) mass is 270 g/mol. The molecule has 2 N–H and O–H groups in total. The molecule has 0 saturated heterocycles. The summed E-state index contributed by atoms with van der Waals surface area (Å²) in [6.07, 6.45) is 3.60. The fourth-order valence-corrected chi connectivity index (χ4v) is 2.72. The minimum absolute atomic E-state index is 0.648. The summed E-state index contributed by atoms with van der Waals surface area (Å²) in [5, 5.41) is 7.32. The predicted molar refractivity (Wildman–Crippen MR) is 78.6 cm³/mol. The van der Waals surface area contributed by atoms with Crippen molar-refractivity contribution in [2.75, 3.05) is 5.73 Å². The number of benzene rings is 1. The summed E-state index contributed by atoms with van der Waals surface area (Å²) in [4.78, 5) is 4.25. The van der Waals surface area contributed by atoms with Crippen LogP contribution in [0.1, 0.15) is 11.1 Å². The molecule has 0 spiro atoms. The molecular weight excluding hydrogens is 256 g/mol. The van der Waals surface area contributed by atoms with Crippen molar-refractivity contribution in [3.8, 4) is 16.4 Å². The highest BCUT2D eigenvalue weighted by molar-refractivity contribution is 7.13. The van der Waals surface area contributed by atoms with Crippen molar-refractivity contribution >= 4 is 17.0 Å². The molecular formula is C14H14N4S. The van der Waals surface area contributed by atoms with Crippen LogP contribution in [-0.4, -0.2) is 14.8 Å². The number of thiazole rings is 1. The summed E-state index contributed by atoms with van der Waals surface area (Å²) in [5.74, 6) is 0. The van der Waals surface area contributed by atoms with Gasteiger partial charge in [-0.3, -0.25) is 0 Å². The third-order valence-electron chi connectivity index (χ3n) is 2.98. The molecule has 0 saturated carbocycles. The van der Waals surface area contributed by atoms with E-state index in [1.54, 1.807) is 6.20 Å². The van der Waals surface area contributed by atoms with Gasteiger partial charge in [0.1, 0.15) is 10.7 Å². The van der Waals surface area contributed by atoms with E-state index in [9.17, 15) is 0 Å². The molecule has 0 fully saturated rings. The smallest absolute Gasteiger partial charge is 0.145 e. The fraction of sp³-hybridized carbons (Fsp3) is 0.143. The summed E-state index contributed by atoms with van der Waals surface area (Å²) in [6, 6.07) is 6.27. The van der Waals surface area contributed by atoms with E-state index in [1.807, 2.05) is 16.3 Å². The zero-order valence-electron chi connectivity index (χ0n) is 10.8. The van der Waals surface area contributed by atoms with Gasteiger partial charge in [0.05, 0.1) is 17.6 Å². The maximum Gasteiger partial charge on any atom is 0.145 e. The number of aromatic nitrogens is 3. The Morgan fingerprint density at radius 3 is 2.79 bits per heavy atom. The third kappa shape index (κ3) is 2.13. The second-order valence-electron chi connectivity index (χ2n) is 4.50. The molecule has 1 aromatic carbocycles. The SMILES string of the molecule is Cc1ccc(-n2cc(N)c(-c3nccs3)n2)c(C)c1. The summed E-state index contributed by atoms with van der Waals surface area (Å²) in [7, 11) is 0. The number of nitrogens with two attached hydrogens (primary N) is 1. The van der Waals surface area contributed by atoms with Gasteiger partial charge < -0.3 is 5.73 Å². The molecule has 5 heteroatoms. The number of nitrogens with zero attached hydrogens (tertiary/aromatic N) is 3. The van der Waals surface area contributed by atoms with E-state index in [1.165, 1.54) is 22.5 Å². The number of rotatable bonds is 2. The number of hydrogen-bond donors (Lipinski definition) is 1. The molecule has 2 heterocycles. The lowest BCUT2D eigenvalue weighted by Gasteiger charge is -2.06. The maximum atomic E-state index is 6.03. The molecule has 3 aromatic rings. The van der Waals surface area contributed by atoms with Crippen LogP contribution in [0, 0.1) is 13.8 Å². The van der Waals surface area contributed by atoms with Crippen molar-refractivity contribution in [1.29, 1.82) is 0 Å². The van der Waals surface area contributed by atoms with Gasteiger partial charge in [0, 0.05) is 11.6 Å². The lowest BCUT2D eigenvalue weighted by molar-refractivity contribution is 0.875. The quantitative estimate of drug-likeness (QED) is 0.778. The Morgan fingerprint density at radius 1 is 1.26 bits per heavy atom. The molecule has 19 heavy (non-hydrogen) atoms. The molecule has 96 valence electrons. The highest BCUT2D eigenvalue weighted by atomic mass is 32.1. The van der Waals surface area contributed by atoms with Crippen molar-refractivity contribution in [2.24, 2.45) is 0 Å². The first-order valence-electron chi connectivity index (χ1n) is 5.98. The van der Waals surface area contributed by atoms with Crippen molar-refractivity contribution in [1.82, 2.24) is 14.8 Å².